The van der Waals surface area contributed by atoms with Crippen LogP contribution in [0.15, 0.2) is 30.0 Å². The topological polar surface area (TPSA) is 67.6 Å². The van der Waals surface area contributed by atoms with Gasteiger partial charge in [0.15, 0.2) is 6.54 Å². The van der Waals surface area contributed by atoms with Gasteiger partial charge in [0.2, 0.25) is 0 Å². The van der Waals surface area contributed by atoms with Gasteiger partial charge in [-0.05, 0) is 44.2 Å². The summed E-state index contributed by atoms with van der Waals surface area (Å²) in [4.78, 5) is 25.5. The highest BCUT2D eigenvalue weighted by Gasteiger charge is 2.33. The highest BCUT2D eigenvalue weighted by atomic mass is 16.2. The highest BCUT2D eigenvalue weighted by molar-refractivity contribution is 5.94. The normalized spacial score (nSPS) is 22.7. The van der Waals surface area contributed by atoms with Gasteiger partial charge in [-0.25, -0.2) is 4.79 Å². The average molecular weight is 359 g/mol. The van der Waals surface area contributed by atoms with Gasteiger partial charge in [0.1, 0.15) is 6.04 Å². The molecular weight excluding hydrogens is 328 g/mol. The third-order valence-electron chi connectivity index (χ3n) is 5.58. The third-order valence-corrected chi connectivity index (χ3v) is 5.58. The largest absolute Gasteiger partial charge is 0.350 e. The lowest BCUT2D eigenvalue weighted by Crippen LogP contribution is -3.11. The van der Waals surface area contributed by atoms with Gasteiger partial charge in [-0.1, -0.05) is 11.6 Å². The highest BCUT2D eigenvalue weighted by Crippen LogP contribution is 2.19. The lowest BCUT2D eigenvalue weighted by atomic mass is 9.97. The Morgan fingerprint density at radius 3 is 2.92 bits per heavy atom. The molecule has 0 saturated carbocycles. The van der Waals surface area contributed by atoms with Crippen molar-refractivity contribution in [2.75, 3.05) is 19.6 Å². The monoisotopic (exact) mass is 359 g/mol. The van der Waals surface area contributed by atoms with Gasteiger partial charge in [-0.2, -0.15) is 0 Å². The molecule has 0 spiro atoms. The molecule has 3 N–H and O–H groups in total. The first kappa shape index (κ1) is 18.7. The molecule has 1 aliphatic heterocycles. The van der Waals surface area contributed by atoms with Crippen molar-refractivity contribution in [2.24, 2.45) is 7.05 Å². The number of carbonyl (C=O) groups is 2. The Balaban J connectivity index is 1.41. The molecule has 3 rings (SSSR count). The molecule has 6 heteroatoms. The number of nitrogens with zero attached hydrogens (tertiary/aromatic N) is 1. The molecule has 1 aromatic heterocycles. The van der Waals surface area contributed by atoms with Crippen LogP contribution in [0, 0.1) is 0 Å². The fraction of sp³-hybridized carbons (Fsp3) is 0.600. The number of carbonyl (C=O) groups excluding carboxylic acids is 2. The van der Waals surface area contributed by atoms with E-state index in [2.05, 4.69) is 27.3 Å². The molecule has 0 aromatic carbocycles. The van der Waals surface area contributed by atoms with E-state index in [0.717, 1.165) is 38.6 Å². The van der Waals surface area contributed by atoms with Gasteiger partial charge in [0, 0.05) is 32.6 Å². The zero-order valence-electron chi connectivity index (χ0n) is 15.7. The van der Waals surface area contributed by atoms with Crippen molar-refractivity contribution in [3.05, 3.63) is 35.7 Å². The van der Waals surface area contributed by atoms with Crippen molar-refractivity contribution in [3.63, 3.8) is 0 Å². The molecule has 142 valence electrons. The number of aromatic nitrogens is 1. The fourth-order valence-corrected chi connectivity index (χ4v) is 4.21. The molecule has 1 unspecified atom stereocenters. The molecule has 26 heavy (non-hydrogen) atoms. The second-order valence-electron chi connectivity index (χ2n) is 7.49. The van der Waals surface area contributed by atoms with Crippen molar-refractivity contribution in [1.82, 2.24) is 15.2 Å². The molecule has 1 saturated heterocycles. The number of allylic oxidation sites excluding steroid dienone is 1. The van der Waals surface area contributed by atoms with E-state index in [4.69, 9.17) is 0 Å². The van der Waals surface area contributed by atoms with Crippen LogP contribution >= 0.6 is 0 Å². The van der Waals surface area contributed by atoms with Crippen LogP contribution in [0.25, 0.3) is 0 Å². The third kappa shape index (κ3) is 4.97. The standard InChI is InChI=1S/C20H30N4O2/c1-23-13-5-9-17(23)18-10-6-14-24(18)15-19(25)22-20(26)21-12-11-16-7-3-2-4-8-16/h5,7,9,13,18H,2-4,6,8,10-12,14-15H2,1H3,(H2,21,22,25,26)/p+1/t18-/m0/s1. The summed E-state index contributed by atoms with van der Waals surface area (Å²) < 4.78 is 2.13. The first-order valence-electron chi connectivity index (χ1n) is 9.85. The first-order valence-corrected chi connectivity index (χ1v) is 9.85. The predicted octanol–water partition coefficient (Wildman–Crippen LogP) is 1.46. The molecule has 1 aromatic rings. The second-order valence-corrected chi connectivity index (χ2v) is 7.49. The number of amides is 3. The molecule has 2 aliphatic rings. The maximum absolute atomic E-state index is 12.3. The number of imide groups is 1. The van der Waals surface area contributed by atoms with Gasteiger partial charge < -0.3 is 14.8 Å². The van der Waals surface area contributed by atoms with E-state index >= 15 is 0 Å². The summed E-state index contributed by atoms with van der Waals surface area (Å²) in [7, 11) is 2.04. The Morgan fingerprint density at radius 1 is 1.31 bits per heavy atom. The van der Waals surface area contributed by atoms with Crippen LogP contribution in [0.5, 0.6) is 0 Å². The Labute approximate surface area is 155 Å². The van der Waals surface area contributed by atoms with E-state index in [9.17, 15) is 9.59 Å². The number of hydrogen-bond donors (Lipinski definition) is 3. The molecule has 1 aliphatic carbocycles. The minimum Gasteiger partial charge on any atom is -0.350 e. The van der Waals surface area contributed by atoms with Crippen LogP contribution in [0.3, 0.4) is 0 Å². The number of hydrogen-bond acceptors (Lipinski definition) is 2. The number of nitrogens with one attached hydrogen (secondary N) is 3. The van der Waals surface area contributed by atoms with Gasteiger partial charge in [0.25, 0.3) is 5.91 Å². The fourth-order valence-electron chi connectivity index (χ4n) is 4.21. The zero-order chi connectivity index (χ0) is 18.4. The van der Waals surface area contributed by atoms with Crippen LogP contribution in [0.1, 0.15) is 56.7 Å². The molecule has 0 radical (unpaired) electrons. The zero-order valence-corrected chi connectivity index (χ0v) is 15.7. The van der Waals surface area contributed by atoms with Crippen molar-refractivity contribution < 1.29 is 14.5 Å². The minimum atomic E-state index is -0.375. The number of quaternary nitrogens is 1. The van der Waals surface area contributed by atoms with Gasteiger partial charge in [0.05, 0.1) is 12.2 Å². The van der Waals surface area contributed by atoms with Crippen LogP contribution in [-0.2, 0) is 11.8 Å². The van der Waals surface area contributed by atoms with Gasteiger partial charge in [-0.15, -0.1) is 0 Å². The second kappa shape index (κ2) is 9.03. The Hall–Kier alpha value is -2.08. The Kier molecular flexibility index (Phi) is 6.50. The summed E-state index contributed by atoms with van der Waals surface area (Å²) in [6, 6.07) is 4.13. The van der Waals surface area contributed by atoms with E-state index in [1.165, 1.54) is 29.0 Å². The lowest BCUT2D eigenvalue weighted by Gasteiger charge is -2.21. The summed E-state index contributed by atoms with van der Waals surface area (Å²) in [5.74, 6) is -0.199. The summed E-state index contributed by atoms with van der Waals surface area (Å²) >= 11 is 0. The Bertz CT molecular complexity index is 665. The predicted molar refractivity (Wildman–Crippen MR) is 101 cm³/mol. The van der Waals surface area contributed by atoms with E-state index < -0.39 is 0 Å². The van der Waals surface area contributed by atoms with Crippen LogP contribution in [-0.4, -0.2) is 36.1 Å². The summed E-state index contributed by atoms with van der Waals surface area (Å²) in [5.41, 5.74) is 2.69. The molecule has 2 heterocycles. The summed E-state index contributed by atoms with van der Waals surface area (Å²) in [5, 5.41) is 5.30. The Morgan fingerprint density at radius 2 is 2.19 bits per heavy atom. The number of likely N-dealkylation sites (tertiary alicyclic amines) is 1. The van der Waals surface area contributed by atoms with Crippen LogP contribution in [0.4, 0.5) is 4.79 Å². The molecule has 1 fully saturated rings. The van der Waals surface area contributed by atoms with Gasteiger partial charge in [-0.3, -0.25) is 10.1 Å². The van der Waals surface area contributed by atoms with Crippen LogP contribution < -0.4 is 15.5 Å². The van der Waals surface area contributed by atoms with Crippen molar-refractivity contribution in [2.45, 2.75) is 51.0 Å². The van der Waals surface area contributed by atoms with E-state index in [-0.39, 0.29) is 11.9 Å². The van der Waals surface area contributed by atoms with Crippen molar-refractivity contribution >= 4 is 11.9 Å². The smallest absolute Gasteiger partial charge is 0.321 e. The molecule has 6 nitrogen and oxygen atoms in total. The molecule has 0 bridgehead atoms. The van der Waals surface area contributed by atoms with E-state index in [1.807, 2.05) is 19.3 Å². The molecular formula is C20H31N4O2+. The van der Waals surface area contributed by atoms with Gasteiger partial charge >= 0.3 is 6.03 Å². The number of rotatable bonds is 6. The number of urea groups is 1. The summed E-state index contributed by atoms with van der Waals surface area (Å²) in [6.45, 7) is 1.90. The van der Waals surface area contributed by atoms with Crippen molar-refractivity contribution in [3.8, 4) is 0 Å². The van der Waals surface area contributed by atoms with E-state index in [0.29, 0.717) is 19.1 Å². The average Bonchev–Trinajstić information content (AvgIpc) is 3.24. The van der Waals surface area contributed by atoms with E-state index in [1.54, 1.807) is 0 Å². The quantitative estimate of drug-likeness (QED) is 0.673. The maximum atomic E-state index is 12.3. The maximum Gasteiger partial charge on any atom is 0.321 e. The molecule has 2 atom stereocenters. The first-order chi connectivity index (χ1) is 12.6. The lowest BCUT2D eigenvalue weighted by molar-refractivity contribution is -0.911. The molecule has 3 amide bonds. The van der Waals surface area contributed by atoms with Crippen molar-refractivity contribution in [1.29, 1.82) is 0 Å². The SMILES string of the molecule is Cn1cccc1[C@@H]1CCC[NH+]1CC(=O)NC(=O)NCCC1=CCCCC1. The summed E-state index contributed by atoms with van der Waals surface area (Å²) in [6.07, 6.45) is 12.2. The van der Waals surface area contributed by atoms with Crippen LogP contribution in [0.2, 0.25) is 0 Å². The minimum absolute atomic E-state index is 0.199. The number of aryl methyl sites for hydroxylation is 1.